The van der Waals surface area contributed by atoms with Crippen molar-refractivity contribution in [2.75, 3.05) is 6.61 Å². The molecule has 1 nitrogen and oxygen atoms in total. The topological polar surface area (TPSA) is 20.2 Å². The zero-order chi connectivity index (χ0) is 6.48. The molecule has 0 bridgehead atoms. The molecule has 0 heterocycles. The van der Waals surface area contributed by atoms with Gasteiger partial charge in [-0.25, -0.2) is 0 Å². The minimum absolute atomic E-state index is 0.305. The number of aliphatic hydroxyl groups excluding tert-OH is 1. The fraction of sp³-hybridized carbons (Fsp3) is 1.00. The number of hydrogen-bond donors (Lipinski definition) is 1. The Labute approximate surface area is 56.9 Å². The Kier molecular flexibility index (Phi) is 0.991. The average molecular weight is 122 g/mol. The van der Waals surface area contributed by atoms with E-state index in [2.05, 4.69) is 0 Å². The molecule has 2 fully saturated rings. The third kappa shape index (κ3) is 0.601. The van der Waals surface area contributed by atoms with Gasteiger partial charge < -0.3 is 5.11 Å². The molecule has 2 aliphatic rings. The van der Waals surface area contributed by atoms with Gasteiger partial charge in [0.2, 0.25) is 0 Å². The van der Waals surface area contributed by atoms with E-state index in [9.17, 15) is 0 Å². The monoisotopic (exact) mass is 122 g/mol. The van der Waals surface area contributed by atoms with Crippen LogP contribution in [0.1, 0.15) is 19.3 Å². The summed E-state index contributed by atoms with van der Waals surface area (Å²) in [5.41, 5.74) is 0.305. The van der Waals surface area contributed by atoms with E-state index in [1.54, 1.807) is 0 Å². The predicted octanol–water partition coefficient (Wildman–Crippen LogP) is 0.736. The molecule has 2 rings (SSSR count). The van der Waals surface area contributed by atoms with Crippen molar-refractivity contribution < 1.29 is 5.11 Å². The van der Waals surface area contributed by atoms with Crippen molar-refractivity contribution >= 4 is 7.85 Å². The molecule has 0 amide bonds. The lowest BCUT2D eigenvalue weighted by atomic mass is 9.83. The Morgan fingerprint density at radius 1 is 1.67 bits per heavy atom. The van der Waals surface area contributed by atoms with Gasteiger partial charge >= 0.3 is 0 Å². The van der Waals surface area contributed by atoms with E-state index in [-0.39, 0.29) is 0 Å². The van der Waals surface area contributed by atoms with Crippen molar-refractivity contribution in [1.82, 2.24) is 0 Å². The standard InChI is InChI=1S/C7H11BO/c8-6-1-2-7(4-9)3-5(6)7/h5-6,9H,1-4H2/t5-,6+,7+/m1/s1. The summed E-state index contributed by atoms with van der Waals surface area (Å²) < 4.78 is 0. The van der Waals surface area contributed by atoms with Crippen molar-refractivity contribution in [2.24, 2.45) is 11.3 Å². The molecule has 48 valence electrons. The summed E-state index contributed by atoms with van der Waals surface area (Å²) in [4.78, 5) is 0. The summed E-state index contributed by atoms with van der Waals surface area (Å²) in [7, 11) is 5.77. The molecule has 2 aliphatic carbocycles. The van der Waals surface area contributed by atoms with E-state index in [0.717, 1.165) is 12.8 Å². The molecule has 2 saturated carbocycles. The SMILES string of the molecule is [B][C@H]1CC[C@@]2(CO)C[C@H]12. The molecule has 0 spiro atoms. The van der Waals surface area contributed by atoms with Crippen LogP contribution in [0.15, 0.2) is 0 Å². The number of rotatable bonds is 1. The third-order valence-corrected chi connectivity index (χ3v) is 3.06. The molecule has 1 N–H and O–H groups in total. The first-order chi connectivity index (χ1) is 4.28. The fourth-order valence-electron chi connectivity index (χ4n) is 2.19. The van der Waals surface area contributed by atoms with Crippen LogP contribution in [0.25, 0.3) is 0 Å². The maximum absolute atomic E-state index is 8.93. The molecule has 0 aliphatic heterocycles. The first kappa shape index (κ1) is 5.78. The lowest BCUT2D eigenvalue weighted by Gasteiger charge is -2.03. The van der Waals surface area contributed by atoms with E-state index < -0.39 is 0 Å². The first-order valence-corrected chi connectivity index (χ1v) is 3.65. The van der Waals surface area contributed by atoms with Gasteiger partial charge in [-0.2, -0.15) is 0 Å². The molecule has 3 atom stereocenters. The molecule has 2 heteroatoms. The van der Waals surface area contributed by atoms with Crippen LogP contribution in [-0.4, -0.2) is 19.6 Å². The molecule has 0 aromatic rings. The lowest BCUT2D eigenvalue weighted by molar-refractivity contribution is 0.205. The van der Waals surface area contributed by atoms with Crippen LogP contribution in [-0.2, 0) is 0 Å². The lowest BCUT2D eigenvalue weighted by Crippen LogP contribution is -2.03. The van der Waals surface area contributed by atoms with Gasteiger partial charge in [-0.15, -0.1) is 0 Å². The van der Waals surface area contributed by atoms with E-state index in [4.69, 9.17) is 13.0 Å². The van der Waals surface area contributed by atoms with Crippen molar-refractivity contribution in [3.63, 3.8) is 0 Å². The largest absolute Gasteiger partial charge is 0.396 e. The van der Waals surface area contributed by atoms with Crippen LogP contribution >= 0.6 is 0 Å². The highest BCUT2D eigenvalue weighted by molar-refractivity contribution is 6.12. The summed E-state index contributed by atoms with van der Waals surface area (Å²) in [5, 5.41) is 8.93. The van der Waals surface area contributed by atoms with Gasteiger partial charge in [0.1, 0.15) is 0 Å². The van der Waals surface area contributed by atoms with Crippen molar-refractivity contribution in [2.45, 2.75) is 25.1 Å². The zero-order valence-corrected chi connectivity index (χ0v) is 5.51. The fourth-order valence-corrected chi connectivity index (χ4v) is 2.19. The van der Waals surface area contributed by atoms with Gasteiger partial charge in [0.25, 0.3) is 0 Å². The van der Waals surface area contributed by atoms with Crippen LogP contribution in [0.5, 0.6) is 0 Å². The van der Waals surface area contributed by atoms with Crippen molar-refractivity contribution in [3.8, 4) is 0 Å². The van der Waals surface area contributed by atoms with Crippen molar-refractivity contribution in [3.05, 3.63) is 0 Å². The summed E-state index contributed by atoms with van der Waals surface area (Å²) >= 11 is 0. The minimum atomic E-state index is 0.305. The molecular formula is C7H11BO. The first-order valence-electron chi connectivity index (χ1n) is 3.65. The molecule has 9 heavy (non-hydrogen) atoms. The van der Waals surface area contributed by atoms with Crippen molar-refractivity contribution in [1.29, 1.82) is 0 Å². The van der Waals surface area contributed by atoms with E-state index in [1.807, 2.05) is 0 Å². The average Bonchev–Trinajstić information content (AvgIpc) is 2.53. The molecule has 0 aromatic heterocycles. The van der Waals surface area contributed by atoms with Gasteiger partial charge in [-0.1, -0.05) is 12.2 Å². The third-order valence-electron chi connectivity index (χ3n) is 3.06. The summed E-state index contributed by atoms with van der Waals surface area (Å²) in [6.45, 7) is 0.366. The number of aliphatic hydroxyl groups is 1. The highest BCUT2D eigenvalue weighted by atomic mass is 16.3. The Balaban J connectivity index is 2.08. The zero-order valence-electron chi connectivity index (χ0n) is 5.51. The summed E-state index contributed by atoms with van der Waals surface area (Å²) in [6.07, 6.45) is 3.48. The quantitative estimate of drug-likeness (QED) is 0.508. The van der Waals surface area contributed by atoms with Crippen LogP contribution in [0.4, 0.5) is 0 Å². The molecule has 2 radical (unpaired) electrons. The minimum Gasteiger partial charge on any atom is -0.396 e. The van der Waals surface area contributed by atoms with Crippen LogP contribution in [0.2, 0.25) is 5.82 Å². The van der Waals surface area contributed by atoms with Crippen LogP contribution in [0.3, 0.4) is 0 Å². The van der Waals surface area contributed by atoms with Crippen LogP contribution < -0.4 is 0 Å². The van der Waals surface area contributed by atoms with E-state index in [0.29, 0.717) is 23.8 Å². The maximum atomic E-state index is 8.93. The van der Waals surface area contributed by atoms with E-state index >= 15 is 0 Å². The molecule has 0 saturated heterocycles. The maximum Gasteiger partial charge on any atom is 0.0703 e. The number of hydrogen-bond acceptors (Lipinski definition) is 1. The Bertz CT molecular complexity index is 137. The molecular weight excluding hydrogens is 111 g/mol. The smallest absolute Gasteiger partial charge is 0.0703 e. The Morgan fingerprint density at radius 2 is 2.44 bits per heavy atom. The second-order valence-electron chi connectivity index (χ2n) is 3.53. The second kappa shape index (κ2) is 1.54. The summed E-state index contributed by atoms with van der Waals surface area (Å²) in [6, 6.07) is 0. The predicted molar refractivity (Wildman–Crippen MR) is 36.4 cm³/mol. The van der Waals surface area contributed by atoms with Gasteiger partial charge in [0, 0.05) is 6.61 Å². The van der Waals surface area contributed by atoms with Gasteiger partial charge in [0.05, 0.1) is 7.85 Å². The Morgan fingerprint density at radius 3 is 2.67 bits per heavy atom. The molecule has 0 aromatic carbocycles. The van der Waals surface area contributed by atoms with Gasteiger partial charge in [0.15, 0.2) is 0 Å². The summed E-state index contributed by atoms with van der Waals surface area (Å²) in [5.74, 6) is 1.07. The number of fused-ring (bicyclic) bond motifs is 1. The van der Waals surface area contributed by atoms with E-state index in [1.165, 1.54) is 6.42 Å². The normalized spacial score (nSPS) is 55.2. The Hall–Kier alpha value is 0.0249. The van der Waals surface area contributed by atoms with Gasteiger partial charge in [-0.3, -0.25) is 0 Å². The van der Waals surface area contributed by atoms with Gasteiger partial charge in [-0.05, 0) is 24.2 Å². The highest BCUT2D eigenvalue weighted by Crippen LogP contribution is 2.67. The second-order valence-corrected chi connectivity index (χ2v) is 3.53. The molecule has 0 unspecified atom stereocenters. The highest BCUT2D eigenvalue weighted by Gasteiger charge is 2.59. The van der Waals surface area contributed by atoms with Crippen LogP contribution in [0, 0.1) is 11.3 Å².